The van der Waals surface area contributed by atoms with Crippen molar-refractivity contribution in [2.75, 3.05) is 7.11 Å². The zero-order valence-corrected chi connectivity index (χ0v) is 10.3. The van der Waals surface area contributed by atoms with Crippen molar-refractivity contribution in [3.63, 3.8) is 0 Å². The molecule has 0 aliphatic rings. The molecule has 0 saturated heterocycles. The van der Waals surface area contributed by atoms with Crippen LogP contribution in [0.4, 0.5) is 0 Å². The van der Waals surface area contributed by atoms with Gasteiger partial charge in [0.05, 0.1) is 7.11 Å². The average molecular weight is 206 g/mol. The van der Waals surface area contributed by atoms with Gasteiger partial charge in [0, 0.05) is 0 Å². The molecule has 0 fully saturated rings. The lowest BCUT2D eigenvalue weighted by molar-refractivity contribution is 0.414. The molecule has 0 saturated carbocycles. The van der Waals surface area contributed by atoms with E-state index in [1.54, 1.807) is 7.11 Å². The second kappa shape index (κ2) is 5.79. The highest BCUT2D eigenvalue weighted by Gasteiger charge is 2.09. The minimum atomic E-state index is 0.650. The second-order valence-electron chi connectivity index (χ2n) is 4.12. The quantitative estimate of drug-likeness (QED) is 0.703. The molecule has 1 atom stereocenters. The molecule has 84 valence electrons. The Labute approximate surface area is 93.5 Å². The van der Waals surface area contributed by atoms with Crippen LogP contribution in [0.5, 0.6) is 5.75 Å². The predicted molar refractivity (Wildman–Crippen MR) is 65.7 cm³/mol. The van der Waals surface area contributed by atoms with Crippen LogP contribution in [0.15, 0.2) is 18.2 Å². The van der Waals surface area contributed by atoms with Crippen molar-refractivity contribution < 1.29 is 4.74 Å². The lowest BCUT2D eigenvalue weighted by Gasteiger charge is -2.15. The first-order valence-electron chi connectivity index (χ1n) is 5.89. The molecule has 0 spiro atoms. The highest BCUT2D eigenvalue weighted by Crippen LogP contribution is 2.27. The van der Waals surface area contributed by atoms with Crippen LogP contribution in [0.25, 0.3) is 0 Å². The third kappa shape index (κ3) is 2.98. The van der Waals surface area contributed by atoms with Crippen LogP contribution in [0.2, 0.25) is 0 Å². The van der Waals surface area contributed by atoms with E-state index in [1.807, 2.05) is 0 Å². The van der Waals surface area contributed by atoms with Crippen molar-refractivity contribution in [3.8, 4) is 5.75 Å². The summed E-state index contributed by atoms with van der Waals surface area (Å²) >= 11 is 0. The Balaban J connectivity index is 3.03. The highest BCUT2D eigenvalue weighted by atomic mass is 16.5. The van der Waals surface area contributed by atoms with Crippen LogP contribution in [0.3, 0.4) is 0 Å². The molecule has 1 aromatic carbocycles. The van der Waals surface area contributed by atoms with E-state index in [4.69, 9.17) is 4.74 Å². The summed E-state index contributed by atoms with van der Waals surface area (Å²) in [5, 5.41) is 0. The molecular weight excluding hydrogens is 184 g/mol. The second-order valence-corrected chi connectivity index (χ2v) is 4.12. The smallest absolute Gasteiger partial charge is 0.119 e. The summed E-state index contributed by atoms with van der Waals surface area (Å²) in [5.41, 5.74) is 2.94. The molecule has 0 aromatic heterocycles. The van der Waals surface area contributed by atoms with E-state index in [2.05, 4.69) is 39.0 Å². The molecule has 0 N–H and O–H groups in total. The van der Waals surface area contributed by atoms with Gasteiger partial charge in [-0.05, 0) is 42.0 Å². The van der Waals surface area contributed by atoms with E-state index in [0.29, 0.717) is 5.92 Å². The minimum Gasteiger partial charge on any atom is -0.497 e. The van der Waals surface area contributed by atoms with Gasteiger partial charge in [-0.15, -0.1) is 0 Å². The first-order valence-corrected chi connectivity index (χ1v) is 5.89. The molecule has 0 radical (unpaired) electrons. The van der Waals surface area contributed by atoms with Crippen molar-refractivity contribution in [2.45, 2.75) is 46.0 Å². The Morgan fingerprint density at radius 3 is 2.53 bits per heavy atom. The van der Waals surface area contributed by atoms with Gasteiger partial charge in [0.1, 0.15) is 5.75 Å². The molecule has 1 rings (SSSR count). The van der Waals surface area contributed by atoms with Gasteiger partial charge in [-0.2, -0.15) is 0 Å². The van der Waals surface area contributed by atoms with Crippen molar-refractivity contribution in [1.29, 1.82) is 0 Å². The van der Waals surface area contributed by atoms with Gasteiger partial charge in [0.15, 0.2) is 0 Å². The number of rotatable bonds is 5. The van der Waals surface area contributed by atoms with Crippen LogP contribution < -0.4 is 4.74 Å². The Bertz CT molecular complexity index is 304. The molecule has 15 heavy (non-hydrogen) atoms. The summed E-state index contributed by atoms with van der Waals surface area (Å²) < 4.78 is 5.27. The molecule has 1 nitrogen and oxygen atoms in total. The maximum Gasteiger partial charge on any atom is 0.119 e. The zero-order valence-electron chi connectivity index (χ0n) is 10.3. The first kappa shape index (κ1) is 12.1. The van der Waals surface area contributed by atoms with Crippen molar-refractivity contribution >= 4 is 0 Å². The molecule has 0 bridgehead atoms. The lowest BCUT2D eigenvalue weighted by atomic mass is 9.91. The summed E-state index contributed by atoms with van der Waals surface area (Å²) in [6, 6.07) is 6.48. The lowest BCUT2D eigenvalue weighted by Crippen LogP contribution is -1.99. The molecule has 1 heteroatoms. The molecular formula is C14H22O. The van der Waals surface area contributed by atoms with E-state index in [1.165, 1.54) is 24.0 Å². The Morgan fingerprint density at radius 2 is 2.00 bits per heavy atom. The van der Waals surface area contributed by atoms with E-state index >= 15 is 0 Å². The number of methoxy groups -OCH3 is 1. The fourth-order valence-electron chi connectivity index (χ4n) is 1.90. The fraction of sp³-hybridized carbons (Fsp3) is 0.571. The normalized spacial score (nSPS) is 12.5. The number of benzene rings is 1. The molecule has 0 aliphatic carbocycles. The van der Waals surface area contributed by atoms with Crippen molar-refractivity contribution in [2.24, 2.45) is 0 Å². The Hall–Kier alpha value is -0.980. The van der Waals surface area contributed by atoms with Gasteiger partial charge in [-0.3, -0.25) is 0 Å². The maximum atomic E-state index is 5.27. The number of aryl methyl sites for hydroxylation is 1. The Kier molecular flexibility index (Phi) is 4.67. The third-order valence-corrected chi connectivity index (χ3v) is 3.01. The van der Waals surface area contributed by atoms with Gasteiger partial charge in [0.25, 0.3) is 0 Å². The maximum absolute atomic E-state index is 5.27. The van der Waals surface area contributed by atoms with E-state index in [9.17, 15) is 0 Å². The van der Waals surface area contributed by atoms with Gasteiger partial charge in [0.2, 0.25) is 0 Å². The molecule has 0 aliphatic heterocycles. The zero-order chi connectivity index (χ0) is 11.3. The third-order valence-electron chi connectivity index (χ3n) is 3.01. The van der Waals surface area contributed by atoms with Crippen LogP contribution in [0, 0.1) is 0 Å². The van der Waals surface area contributed by atoms with Gasteiger partial charge < -0.3 is 4.74 Å². The van der Waals surface area contributed by atoms with Crippen LogP contribution in [0.1, 0.15) is 50.7 Å². The monoisotopic (exact) mass is 206 g/mol. The SMILES string of the molecule is CCCc1cc(OC)ccc1C(C)CC. The molecule has 1 aromatic rings. The van der Waals surface area contributed by atoms with E-state index in [-0.39, 0.29) is 0 Å². The first-order chi connectivity index (χ1) is 7.22. The van der Waals surface area contributed by atoms with E-state index in [0.717, 1.165) is 12.2 Å². The number of hydrogen-bond donors (Lipinski definition) is 0. The predicted octanol–water partition coefficient (Wildman–Crippen LogP) is 4.16. The van der Waals surface area contributed by atoms with Gasteiger partial charge in [-0.25, -0.2) is 0 Å². The largest absolute Gasteiger partial charge is 0.497 e. The summed E-state index contributed by atoms with van der Waals surface area (Å²) in [4.78, 5) is 0. The van der Waals surface area contributed by atoms with Crippen LogP contribution in [-0.2, 0) is 6.42 Å². The topological polar surface area (TPSA) is 9.23 Å². The van der Waals surface area contributed by atoms with Crippen molar-refractivity contribution in [1.82, 2.24) is 0 Å². The fourth-order valence-corrected chi connectivity index (χ4v) is 1.90. The molecule has 0 heterocycles. The molecule has 1 unspecified atom stereocenters. The van der Waals surface area contributed by atoms with E-state index < -0.39 is 0 Å². The molecule has 0 amide bonds. The standard InChI is InChI=1S/C14H22O/c1-5-7-12-10-13(15-4)8-9-14(12)11(3)6-2/h8-11H,5-7H2,1-4H3. The Morgan fingerprint density at radius 1 is 1.27 bits per heavy atom. The number of ether oxygens (including phenoxy) is 1. The van der Waals surface area contributed by atoms with Crippen LogP contribution in [-0.4, -0.2) is 7.11 Å². The van der Waals surface area contributed by atoms with Gasteiger partial charge >= 0.3 is 0 Å². The summed E-state index contributed by atoms with van der Waals surface area (Å²) in [6.45, 7) is 6.76. The van der Waals surface area contributed by atoms with Crippen molar-refractivity contribution in [3.05, 3.63) is 29.3 Å². The average Bonchev–Trinajstić information content (AvgIpc) is 2.28. The number of hydrogen-bond acceptors (Lipinski definition) is 1. The minimum absolute atomic E-state index is 0.650. The van der Waals surface area contributed by atoms with Gasteiger partial charge in [-0.1, -0.05) is 33.3 Å². The summed E-state index contributed by atoms with van der Waals surface area (Å²) in [5.74, 6) is 1.63. The van der Waals surface area contributed by atoms with Crippen LogP contribution >= 0.6 is 0 Å². The highest BCUT2D eigenvalue weighted by molar-refractivity contribution is 5.37. The summed E-state index contributed by atoms with van der Waals surface area (Å²) in [6.07, 6.45) is 3.54. The summed E-state index contributed by atoms with van der Waals surface area (Å²) in [7, 11) is 1.73.